The molecule has 0 saturated carbocycles. The zero-order valence-corrected chi connectivity index (χ0v) is 36.9. The van der Waals surface area contributed by atoms with Crippen LogP contribution in [0.25, 0.3) is 67.1 Å². The van der Waals surface area contributed by atoms with E-state index in [9.17, 15) is 0 Å². The maximum atomic E-state index is 5.07. The van der Waals surface area contributed by atoms with E-state index in [1.54, 1.807) is 12.4 Å². The van der Waals surface area contributed by atoms with Crippen LogP contribution >= 0.6 is 0 Å². The molecule has 0 saturated heterocycles. The van der Waals surface area contributed by atoms with Gasteiger partial charge in [-0.3, -0.25) is 9.36 Å². The summed E-state index contributed by atoms with van der Waals surface area (Å²) in [5.41, 5.74) is 18.0. The average Bonchev–Trinajstić information content (AvgIpc) is 4.10. The van der Waals surface area contributed by atoms with Crippen LogP contribution in [0.2, 0.25) is 0 Å². The summed E-state index contributed by atoms with van der Waals surface area (Å²) in [5, 5.41) is 8.74. The first-order valence-electron chi connectivity index (χ1n) is 21.1. The van der Waals surface area contributed by atoms with E-state index in [0.29, 0.717) is 0 Å². The SMILES string of the molecule is [Ir+3].[c-]1ccccc1-c1cc(-c2ccc(-c3ccccc3)cc2)c(-c2ccccc2-c2cc(CCc3c[c-]c(-n4cccn4)cc3)cc(CCc3c[c-]c(-n4cccn4)cc3)c2)cn1. The van der Waals surface area contributed by atoms with Crippen LogP contribution in [0.3, 0.4) is 0 Å². The first-order valence-corrected chi connectivity index (χ1v) is 21.1. The molecule has 0 aliphatic heterocycles. The van der Waals surface area contributed by atoms with Gasteiger partial charge in [0.2, 0.25) is 0 Å². The maximum absolute atomic E-state index is 5.07. The van der Waals surface area contributed by atoms with Crippen molar-refractivity contribution in [3.63, 3.8) is 0 Å². The minimum Gasteiger partial charge on any atom is -0.304 e. The minimum atomic E-state index is 0. The van der Waals surface area contributed by atoms with E-state index in [2.05, 4.69) is 174 Å². The summed E-state index contributed by atoms with van der Waals surface area (Å²) in [6.45, 7) is 0. The molecular weight excluding hydrogens is 947 g/mol. The van der Waals surface area contributed by atoms with Gasteiger partial charge in [-0.1, -0.05) is 116 Å². The summed E-state index contributed by atoms with van der Waals surface area (Å²) in [7, 11) is 0. The van der Waals surface area contributed by atoms with Gasteiger partial charge in [0.15, 0.2) is 0 Å². The normalized spacial score (nSPS) is 11.0. The van der Waals surface area contributed by atoms with E-state index in [1.165, 1.54) is 44.5 Å². The fourth-order valence-corrected chi connectivity index (χ4v) is 8.15. The van der Waals surface area contributed by atoms with E-state index < -0.39 is 0 Å². The summed E-state index contributed by atoms with van der Waals surface area (Å²) in [6, 6.07) is 72.5. The molecule has 0 atom stereocenters. The van der Waals surface area contributed by atoms with Gasteiger partial charge in [-0.2, -0.15) is 57.7 Å². The van der Waals surface area contributed by atoms with Crippen LogP contribution in [-0.2, 0) is 45.8 Å². The van der Waals surface area contributed by atoms with Gasteiger partial charge in [0, 0.05) is 36.5 Å². The fraction of sp³-hybridized carbons (Fsp3) is 0.0702. The second-order valence-electron chi connectivity index (χ2n) is 15.5. The zero-order valence-electron chi connectivity index (χ0n) is 34.5. The molecule has 0 bridgehead atoms. The summed E-state index contributed by atoms with van der Waals surface area (Å²) in [5.74, 6) is 0. The minimum absolute atomic E-state index is 0. The Balaban J connectivity index is 0.00000504. The third kappa shape index (κ3) is 9.49. The van der Waals surface area contributed by atoms with Gasteiger partial charge in [-0.15, -0.1) is 48.0 Å². The number of rotatable bonds is 13. The molecule has 304 valence electrons. The molecule has 0 unspecified atom stereocenters. The smallest absolute Gasteiger partial charge is 0.304 e. The maximum Gasteiger partial charge on any atom is 3.00 e. The Hall–Kier alpha value is -7.24. The van der Waals surface area contributed by atoms with Crippen molar-refractivity contribution in [1.82, 2.24) is 24.5 Å². The van der Waals surface area contributed by atoms with E-state index in [-0.39, 0.29) is 20.1 Å². The molecule has 10 rings (SSSR count). The van der Waals surface area contributed by atoms with E-state index in [1.807, 2.05) is 58.3 Å². The van der Waals surface area contributed by atoms with Crippen molar-refractivity contribution in [2.24, 2.45) is 0 Å². The molecule has 63 heavy (non-hydrogen) atoms. The molecule has 0 fully saturated rings. The molecule has 0 aliphatic rings. The predicted molar refractivity (Wildman–Crippen MR) is 250 cm³/mol. The van der Waals surface area contributed by atoms with Gasteiger partial charge >= 0.3 is 20.1 Å². The van der Waals surface area contributed by atoms with Gasteiger partial charge in [-0.05, 0) is 92.1 Å². The third-order valence-corrected chi connectivity index (χ3v) is 11.4. The molecule has 5 nitrogen and oxygen atoms in total. The molecule has 0 radical (unpaired) electrons. The van der Waals surface area contributed by atoms with Crippen molar-refractivity contribution in [3.8, 4) is 67.1 Å². The zero-order chi connectivity index (χ0) is 41.5. The quantitative estimate of drug-likeness (QED) is 0.108. The largest absolute Gasteiger partial charge is 3.00 e. The number of pyridine rings is 1. The monoisotopic (exact) mass is 989 g/mol. The van der Waals surface area contributed by atoms with Crippen LogP contribution < -0.4 is 0 Å². The summed E-state index contributed by atoms with van der Waals surface area (Å²) in [6.07, 6.45) is 13.1. The van der Waals surface area contributed by atoms with E-state index >= 15 is 0 Å². The van der Waals surface area contributed by atoms with Crippen LogP contribution in [0.15, 0.2) is 207 Å². The Morgan fingerprint density at radius 3 is 1.56 bits per heavy atom. The average molecular weight is 989 g/mol. The van der Waals surface area contributed by atoms with E-state index in [4.69, 9.17) is 4.98 Å². The predicted octanol–water partition coefficient (Wildman–Crippen LogP) is 12.8. The molecule has 10 aromatic rings. The van der Waals surface area contributed by atoms with E-state index in [0.717, 1.165) is 70.6 Å². The van der Waals surface area contributed by atoms with Gasteiger partial charge < -0.3 is 4.98 Å². The Kier molecular flexibility index (Phi) is 12.5. The molecule has 3 aromatic heterocycles. The van der Waals surface area contributed by atoms with Crippen LogP contribution in [0, 0.1) is 18.2 Å². The Labute approximate surface area is 382 Å². The van der Waals surface area contributed by atoms with Crippen LogP contribution in [0.1, 0.15) is 22.3 Å². The van der Waals surface area contributed by atoms with Crippen molar-refractivity contribution in [3.05, 3.63) is 247 Å². The molecule has 7 aromatic carbocycles. The van der Waals surface area contributed by atoms with Crippen molar-refractivity contribution in [2.45, 2.75) is 25.7 Å². The first kappa shape index (κ1) is 41.1. The topological polar surface area (TPSA) is 48.5 Å². The second-order valence-corrected chi connectivity index (χ2v) is 15.5. The third-order valence-electron chi connectivity index (χ3n) is 11.4. The Morgan fingerprint density at radius 1 is 0.413 bits per heavy atom. The molecule has 0 amide bonds. The van der Waals surface area contributed by atoms with Gasteiger partial charge in [0.25, 0.3) is 0 Å². The number of aryl methyl sites for hydroxylation is 4. The molecule has 0 N–H and O–H groups in total. The van der Waals surface area contributed by atoms with Gasteiger partial charge in [0.1, 0.15) is 0 Å². The first-order chi connectivity index (χ1) is 30.7. The summed E-state index contributed by atoms with van der Waals surface area (Å²) in [4.78, 5) is 5.07. The van der Waals surface area contributed by atoms with Crippen molar-refractivity contribution < 1.29 is 20.1 Å². The molecule has 6 heteroatoms. The summed E-state index contributed by atoms with van der Waals surface area (Å²) < 4.78 is 3.68. The number of nitrogens with zero attached hydrogens (tertiary/aromatic N) is 5. The van der Waals surface area contributed by atoms with Crippen molar-refractivity contribution >= 4 is 0 Å². The number of hydrogen-bond acceptors (Lipinski definition) is 3. The van der Waals surface area contributed by atoms with Gasteiger partial charge in [-0.25, -0.2) is 0 Å². The Bertz CT molecular complexity index is 2920. The Morgan fingerprint density at radius 2 is 0.984 bits per heavy atom. The standard InChI is InChI=1S/C57H42N5.Ir/c1-3-11-46(12-4-1)47-25-27-48(28-26-47)55-40-57(49-13-5-2-6-14-49)58-41-56(55)54-16-8-7-15-53(54)50-38-44(19-17-42-21-29-51(30-22-42)61-35-9-33-59-61)37-45(39-50)20-18-43-23-31-52(32-24-43)62-36-10-34-60-62;/h1-13,15-16,21-29,31,33-41H,17-20H2;/q-3;+3. The number of aromatic nitrogens is 5. The molecule has 0 aliphatic carbocycles. The van der Waals surface area contributed by atoms with Crippen molar-refractivity contribution in [1.29, 1.82) is 0 Å². The van der Waals surface area contributed by atoms with Gasteiger partial charge in [0.05, 0.1) is 0 Å². The molecular formula is C57H42IrN5. The summed E-state index contributed by atoms with van der Waals surface area (Å²) >= 11 is 0. The number of benzene rings is 7. The number of hydrogen-bond donors (Lipinski definition) is 0. The second kappa shape index (κ2) is 19.2. The van der Waals surface area contributed by atoms with Crippen LogP contribution in [0.4, 0.5) is 0 Å². The van der Waals surface area contributed by atoms with Crippen molar-refractivity contribution in [2.75, 3.05) is 0 Å². The van der Waals surface area contributed by atoms with Crippen LogP contribution in [0.5, 0.6) is 0 Å². The fourth-order valence-electron chi connectivity index (χ4n) is 8.15. The van der Waals surface area contributed by atoms with Crippen LogP contribution in [-0.4, -0.2) is 24.5 Å². The molecule has 3 heterocycles. The molecule has 0 spiro atoms.